The highest BCUT2D eigenvalue weighted by Crippen LogP contribution is 2.51. The van der Waals surface area contributed by atoms with Crippen LogP contribution in [0, 0.1) is 0 Å². The van der Waals surface area contributed by atoms with Crippen molar-refractivity contribution in [3.8, 4) is 44.9 Å². The van der Waals surface area contributed by atoms with E-state index in [1.54, 1.807) is 0 Å². The number of para-hydroxylation sites is 1. The standard InChI is InChI=1S/C35H21NO/c1-2-9-22(10-3-1)37-35-30-14-7-6-13-27(30)34(32-21-36-20-19-31(32)35)29-18-17-28-24-12-5-4-11-23(24)25-15-8-16-26(29)33(25)28/h1-21H. The maximum absolute atomic E-state index is 6.55. The topological polar surface area (TPSA) is 22.1 Å². The second kappa shape index (κ2) is 7.78. The van der Waals surface area contributed by atoms with Gasteiger partial charge in [-0.1, -0.05) is 97.1 Å². The Morgan fingerprint density at radius 2 is 1.05 bits per heavy atom. The smallest absolute Gasteiger partial charge is 0.143 e. The molecule has 172 valence electrons. The van der Waals surface area contributed by atoms with Gasteiger partial charge in [0.05, 0.1) is 0 Å². The van der Waals surface area contributed by atoms with Crippen LogP contribution in [-0.2, 0) is 0 Å². The highest BCUT2D eigenvalue weighted by Gasteiger charge is 2.24. The first kappa shape index (κ1) is 20.3. The monoisotopic (exact) mass is 471 g/mol. The molecule has 0 fully saturated rings. The Morgan fingerprint density at radius 1 is 0.432 bits per heavy atom. The molecule has 1 aliphatic rings. The first-order valence-corrected chi connectivity index (χ1v) is 12.6. The van der Waals surface area contributed by atoms with Crippen molar-refractivity contribution in [3.63, 3.8) is 0 Å². The molecule has 37 heavy (non-hydrogen) atoms. The molecule has 6 aromatic carbocycles. The van der Waals surface area contributed by atoms with Gasteiger partial charge in [0, 0.05) is 28.6 Å². The lowest BCUT2D eigenvalue weighted by atomic mass is 9.88. The zero-order valence-corrected chi connectivity index (χ0v) is 20.0. The summed E-state index contributed by atoms with van der Waals surface area (Å²) in [5, 5.41) is 6.98. The van der Waals surface area contributed by atoms with E-state index in [9.17, 15) is 0 Å². The van der Waals surface area contributed by atoms with Gasteiger partial charge >= 0.3 is 0 Å². The van der Waals surface area contributed by atoms with Crippen LogP contribution in [0.3, 0.4) is 0 Å². The van der Waals surface area contributed by atoms with Gasteiger partial charge in [0.2, 0.25) is 0 Å². The Balaban J connectivity index is 1.48. The zero-order valence-electron chi connectivity index (χ0n) is 20.0. The molecule has 1 aromatic heterocycles. The average Bonchev–Trinajstić information content (AvgIpc) is 3.29. The van der Waals surface area contributed by atoms with Crippen LogP contribution >= 0.6 is 0 Å². The molecule has 0 amide bonds. The molecule has 2 heteroatoms. The SMILES string of the molecule is c1ccc(Oc2c3ccccc3c(-c3ccc4c5c(cccc35)-c3ccccc3-4)c3cnccc23)cc1. The quantitative estimate of drug-likeness (QED) is 0.239. The normalized spacial score (nSPS) is 11.8. The van der Waals surface area contributed by atoms with Gasteiger partial charge in [0.15, 0.2) is 0 Å². The van der Waals surface area contributed by atoms with E-state index in [1.165, 1.54) is 44.2 Å². The molecule has 0 bridgehead atoms. The maximum Gasteiger partial charge on any atom is 0.143 e. The molecule has 1 heterocycles. The zero-order chi connectivity index (χ0) is 24.3. The molecular formula is C35H21NO. The van der Waals surface area contributed by atoms with Gasteiger partial charge in [-0.05, 0) is 67.7 Å². The van der Waals surface area contributed by atoms with Gasteiger partial charge < -0.3 is 4.74 Å². The summed E-state index contributed by atoms with van der Waals surface area (Å²) in [4.78, 5) is 4.56. The Bertz CT molecular complexity index is 1920. The van der Waals surface area contributed by atoms with Crippen LogP contribution in [-0.4, -0.2) is 4.98 Å². The fourth-order valence-corrected chi connectivity index (χ4v) is 6.01. The van der Waals surface area contributed by atoms with Crippen LogP contribution in [0.2, 0.25) is 0 Å². The summed E-state index contributed by atoms with van der Waals surface area (Å²) in [5.41, 5.74) is 7.64. The van der Waals surface area contributed by atoms with E-state index in [4.69, 9.17) is 4.74 Å². The van der Waals surface area contributed by atoms with Crippen LogP contribution in [0.1, 0.15) is 0 Å². The van der Waals surface area contributed by atoms with Crippen LogP contribution < -0.4 is 4.74 Å². The lowest BCUT2D eigenvalue weighted by Gasteiger charge is -2.18. The third-order valence-corrected chi connectivity index (χ3v) is 7.56. The van der Waals surface area contributed by atoms with Gasteiger partial charge in [-0.15, -0.1) is 0 Å². The van der Waals surface area contributed by atoms with Gasteiger partial charge in [0.1, 0.15) is 11.5 Å². The maximum atomic E-state index is 6.55. The summed E-state index contributed by atoms with van der Waals surface area (Å²) < 4.78 is 6.55. The van der Waals surface area contributed by atoms with Crippen molar-refractivity contribution in [2.45, 2.75) is 0 Å². The number of pyridine rings is 1. The van der Waals surface area contributed by atoms with E-state index in [-0.39, 0.29) is 0 Å². The summed E-state index contributed by atoms with van der Waals surface area (Å²) in [6, 6.07) is 40.6. The molecule has 2 nitrogen and oxygen atoms in total. The third-order valence-electron chi connectivity index (χ3n) is 7.56. The molecule has 0 saturated carbocycles. The molecule has 8 rings (SSSR count). The number of fused-ring (bicyclic) bond motifs is 5. The third kappa shape index (κ3) is 2.90. The Kier molecular flexibility index (Phi) is 4.26. The number of hydrogen-bond acceptors (Lipinski definition) is 2. The predicted molar refractivity (Wildman–Crippen MR) is 153 cm³/mol. The van der Waals surface area contributed by atoms with E-state index in [1.807, 2.05) is 42.7 Å². The molecule has 1 aliphatic carbocycles. The minimum absolute atomic E-state index is 0.821. The average molecular weight is 472 g/mol. The molecular weight excluding hydrogens is 450 g/mol. The number of hydrogen-bond donors (Lipinski definition) is 0. The minimum atomic E-state index is 0.821. The van der Waals surface area contributed by atoms with Crippen molar-refractivity contribution in [2.24, 2.45) is 0 Å². The van der Waals surface area contributed by atoms with Crippen LogP contribution in [0.25, 0.3) is 65.7 Å². The molecule has 7 aromatic rings. The lowest BCUT2D eigenvalue weighted by molar-refractivity contribution is 0.494. The largest absolute Gasteiger partial charge is 0.456 e. The molecule has 0 radical (unpaired) electrons. The second-order valence-corrected chi connectivity index (χ2v) is 9.52. The molecule has 0 atom stereocenters. The van der Waals surface area contributed by atoms with Crippen LogP contribution in [0.5, 0.6) is 11.5 Å². The highest BCUT2D eigenvalue weighted by atomic mass is 16.5. The molecule has 0 saturated heterocycles. The second-order valence-electron chi connectivity index (χ2n) is 9.52. The highest BCUT2D eigenvalue weighted by molar-refractivity contribution is 6.24. The van der Waals surface area contributed by atoms with Gasteiger partial charge in [0.25, 0.3) is 0 Å². The van der Waals surface area contributed by atoms with Crippen molar-refractivity contribution in [1.82, 2.24) is 4.98 Å². The van der Waals surface area contributed by atoms with Crippen molar-refractivity contribution in [3.05, 3.63) is 128 Å². The number of ether oxygens (including phenoxy) is 1. The number of aromatic nitrogens is 1. The van der Waals surface area contributed by atoms with Crippen molar-refractivity contribution < 1.29 is 4.74 Å². The van der Waals surface area contributed by atoms with E-state index in [0.717, 1.165) is 33.0 Å². The summed E-state index contributed by atoms with van der Waals surface area (Å²) in [6.45, 7) is 0. The fourth-order valence-electron chi connectivity index (χ4n) is 6.01. The van der Waals surface area contributed by atoms with Crippen molar-refractivity contribution >= 4 is 32.3 Å². The number of benzene rings is 6. The first-order valence-electron chi connectivity index (χ1n) is 12.6. The number of nitrogens with zero attached hydrogens (tertiary/aromatic N) is 1. The summed E-state index contributed by atoms with van der Waals surface area (Å²) in [7, 11) is 0. The summed E-state index contributed by atoms with van der Waals surface area (Å²) in [5.74, 6) is 1.68. The van der Waals surface area contributed by atoms with E-state index in [0.29, 0.717) is 0 Å². The minimum Gasteiger partial charge on any atom is -0.456 e. The molecule has 0 spiro atoms. The van der Waals surface area contributed by atoms with Gasteiger partial charge in [-0.2, -0.15) is 0 Å². The Labute approximate surface area is 214 Å². The Morgan fingerprint density at radius 3 is 1.89 bits per heavy atom. The molecule has 0 aliphatic heterocycles. The van der Waals surface area contributed by atoms with Gasteiger partial charge in [-0.25, -0.2) is 0 Å². The van der Waals surface area contributed by atoms with E-state index in [2.05, 4.69) is 89.9 Å². The van der Waals surface area contributed by atoms with Gasteiger partial charge in [-0.3, -0.25) is 4.98 Å². The molecule has 0 N–H and O–H groups in total. The summed E-state index contributed by atoms with van der Waals surface area (Å²) >= 11 is 0. The van der Waals surface area contributed by atoms with Crippen LogP contribution in [0.15, 0.2) is 128 Å². The first-order chi connectivity index (χ1) is 18.4. The Hall–Kier alpha value is -4.95. The molecule has 0 unspecified atom stereocenters. The van der Waals surface area contributed by atoms with Crippen LogP contribution in [0.4, 0.5) is 0 Å². The summed E-state index contributed by atoms with van der Waals surface area (Å²) in [6.07, 6.45) is 3.83. The number of rotatable bonds is 3. The van der Waals surface area contributed by atoms with Crippen molar-refractivity contribution in [1.29, 1.82) is 0 Å². The van der Waals surface area contributed by atoms with Crippen molar-refractivity contribution in [2.75, 3.05) is 0 Å². The van der Waals surface area contributed by atoms with E-state index < -0.39 is 0 Å². The van der Waals surface area contributed by atoms with E-state index >= 15 is 0 Å². The lowest BCUT2D eigenvalue weighted by Crippen LogP contribution is -1.93. The predicted octanol–water partition coefficient (Wildman–Crippen LogP) is 9.65. The fraction of sp³-hybridized carbons (Fsp3) is 0.